The lowest BCUT2D eigenvalue weighted by Crippen LogP contribution is -2.24. The quantitative estimate of drug-likeness (QED) is 0.571. The molecule has 0 amide bonds. The molecule has 1 aromatic rings. The lowest BCUT2D eigenvalue weighted by Gasteiger charge is -2.17. The predicted octanol–water partition coefficient (Wildman–Crippen LogP) is 0.543. The van der Waals surface area contributed by atoms with Crippen LogP contribution in [-0.2, 0) is 0 Å². The smallest absolute Gasteiger partial charge is 0.323 e. The van der Waals surface area contributed by atoms with Crippen molar-refractivity contribution in [2.24, 2.45) is 5.84 Å². The van der Waals surface area contributed by atoms with Crippen LogP contribution in [0.5, 0.6) is 6.01 Å². The van der Waals surface area contributed by atoms with Crippen molar-refractivity contribution in [2.45, 2.75) is 38.8 Å². The molecule has 0 saturated heterocycles. The van der Waals surface area contributed by atoms with Crippen molar-refractivity contribution in [3.8, 4) is 6.01 Å². The minimum Gasteiger partial charge on any atom is -0.461 e. The van der Waals surface area contributed by atoms with E-state index in [9.17, 15) is 0 Å². The molecule has 1 heterocycles. The SMILES string of the molecule is CC(C)Oc1nc(NN)nc(N(C)C2CC2)n1. The summed E-state index contributed by atoms with van der Waals surface area (Å²) in [5.41, 5.74) is 2.43. The van der Waals surface area contributed by atoms with Crippen molar-refractivity contribution in [1.29, 1.82) is 0 Å². The summed E-state index contributed by atoms with van der Waals surface area (Å²) in [5.74, 6) is 6.24. The lowest BCUT2D eigenvalue weighted by atomic mass is 10.5. The molecule has 0 aliphatic heterocycles. The number of nitrogen functional groups attached to an aromatic ring is 1. The largest absolute Gasteiger partial charge is 0.461 e. The molecular formula is C10H18N6O. The first kappa shape index (κ1) is 11.8. The zero-order valence-corrected chi connectivity index (χ0v) is 10.3. The van der Waals surface area contributed by atoms with Crippen LogP contribution in [0, 0.1) is 0 Å². The maximum absolute atomic E-state index is 5.46. The lowest BCUT2D eigenvalue weighted by molar-refractivity contribution is 0.222. The molecule has 0 atom stereocenters. The van der Waals surface area contributed by atoms with E-state index < -0.39 is 0 Å². The maximum Gasteiger partial charge on any atom is 0.323 e. The minimum absolute atomic E-state index is 0.0158. The fourth-order valence-corrected chi connectivity index (χ4v) is 1.46. The van der Waals surface area contributed by atoms with Gasteiger partial charge in [0.1, 0.15) is 0 Å². The van der Waals surface area contributed by atoms with Crippen molar-refractivity contribution in [3.63, 3.8) is 0 Å². The highest BCUT2D eigenvalue weighted by Gasteiger charge is 2.28. The third-order valence-corrected chi connectivity index (χ3v) is 2.48. The molecule has 94 valence electrons. The van der Waals surface area contributed by atoms with Gasteiger partial charge in [0, 0.05) is 13.1 Å². The molecule has 0 aromatic carbocycles. The Morgan fingerprint density at radius 1 is 1.35 bits per heavy atom. The van der Waals surface area contributed by atoms with E-state index in [-0.39, 0.29) is 6.10 Å². The second-order valence-corrected chi connectivity index (χ2v) is 4.39. The second kappa shape index (κ2) is 4.70. The van der Waals surface area contributed by atoms with Crippen LogP contribution in [0.3, 0.4) is 0 Å². The Hall–Kier alpha value is -1.63. The van der Waals surface area contributed by atoms with Crippen LogP contribution < -0.4 is 20.9 Å². The van der Waals surface area contributed by atoms with Crippen LogP contribution >= 0.6 is 0 Å². The summed E-state index contributed by atoms with van der Waals surface area (Å²) in [6.07, 6.45) is 2.36. The third-order valence-electron chi connectivity index (χ3n) is 2.48. The molecule has 0 radical (unpaired) electrons. The zero-order chi connectivity index (χ0) is 12.4. The summed E-state index contributed by atoms with van der Waals surface area (Å²) in [6.45, 7) is 3.84. The van der Waals surface area contributed by atoms with Crippen LogP contribution in [0.2, 0.25) is 0 Å². The summed E-state index contributed by atoms with van der Waals surface area (Å²) >= 11 is 0. The number of nitrogens with two attached hydrogens (primary N) is 1. The van der Waals surface area contributed by atoms with E-state index in [2.05, 4.69) is 20.4 Å². The van der Waals surface area contributed by atoms with Gasteiger partial charge in [0.25, 0.3) is 0 Å². The molecule has 1 aliphatic rings. The number of aromatic nitrogens is 3. The summed E-state index contributed by atoms with van der Waals surface area (Å²) in [4.78, 5) is 14.5. The van der Waals surface area contributed by atoms with Crippen LogP contribution in [0.1, 0.15) is 26.7 Å². The zero-order valence-electron chi connectivity index (χ0n) is 10.3. The van der Waals surface area contributed by atoms with Gasteiger partial charge < -0.3 is 9.64 Å². The van der Waals surface area contributed by atoms with Crippen molar-refractivity contribution in [1.82, 2.24) is 15.0 Å². The topological polar surface area (TPSA) is 89.2 Å². The Balaban J connectivity index is 2.24. The van der Waals surface area contributed by atoms with Gasteiger partial charge in [-0.1, -0.05) is 0 Å². The number of nitrogens with zero attached hydrogens (tertiary/aromatic N) is 4. The fraction of sp³-hybridized carbons (Fsp3) is 0.700. The maximum atomic E-state index is 5.46. The van der Waals surface area contributed by atoms with Gasteiger partial charge in [0.2, 0.25) is 11.9 Å². The van der Waals surface area contributed by atoms with E-state index in [1.807, 2.05) is 25.8 Å². The number of rotatable bonds is 5. The Labute approximate surface area is 100 Å². The van der Waals surface area contributed by atoms with Gasteiger partial charge in [-0.05, 0) is 26.7 Å². The number of nitrogens with one attached hydrogen (secondary N) is 1. The Kier molecular flexibility index (Phi) is 3.28. The molecule has 17 heavy (non-hydrogen) atoms. The van der Waals surface area contributed by atoms with Gasteiger partial charge in [-0.25, -0.2) is 5.84 Å². The molecule has 1 aliphatic carbocycles. The highest BCUT2D eigenvalue weighted by atomic mass is 16.5. The molecule has 1 aromatic heterocycles. The molecule has 3 N–H and O–H groups in total. The van der Waals surface area contributed by atoms with Crippen LogP contribution in [-0.4, -0.2) is 34.1 Å². The molecule has 1 saturated carbocycles. The van der Waals surface area contributed by atoms with Crippen molar-refractivity contribution >= 4 is 11.9 Å². The highest BCUT2D eigenvalue weighted by Crippen LogP contribution is 2.29. The van der Waals surface area contributed by atoms with Gasteiger partial charge in [-0.15, -0.1) is 0 Å². The van der Waals surface area contributed by atoms with Gasteiger partial charge in [0.05, 0.1) is 6.10 Å². The van der Waals surface area contributed by atoms with E-state index in [1.165, 1.54) is 12.8 Å². The minimum atomic E-state index is 0.0158. The number of hydrogen-bond acceptors (Lipinski definition) is 7. The molecule has 1 fully saturated rings. The highest BCUT2D eigenvalue weighted by molar-refractivity contribution is 5.39. The summed E-state index contributed by atoms with van der Waals surface area (Å²) in [6, 6.07) is 0.820. The Morgan fingerprint density at radius 2 is 2.06 bits per heavy atom. The average Bonchev–Trinajstić information content (AvgIpc) is 3.10. The summed E-state index contributed by atoms with van der Waals surface area (Å²) in [5, 5.41) is 0. The van der Waals surface area contributed by atoms with E-state index in [0.29, 0.717) is 23.9 Å². The number of hydrazine groups is 1. The molecule has 0 bridgehead atoms. The van der Waals surface area contributed by atoms with Crippen molar-refractivity contribution in [2.75, 3.05) is 17.4 Å². The van der Waals surface area contributed by atoms with Crippen molar-refractivity contribution < 1.29 is 4.74 Å². The van der Waals surface area contributed by atoms with Crippen molar-refractivity contribution in [3.05, 3.63) is 0 Å². The molecule has 0 spiro atoms. The molecule has 7 nitrogen and oxygen atoms in total. The van der Waals surface area contributed by atoms with Crippen LogP contribution in [0.25, 0.3) is 0 Å². The van der Waals surface area contributed by atoms with Gasteiger partial charge in [-0.2, -0.15) is 15.0 Å². The first-order valence-corrected chi connectivity index (χ1v) is 5.72. The Bertz CT molecular complexity index is 392. The molecule has 7 heteroatoms. The summed E-state index contributed by atoms with van der Waals surface area (Å²) in [7, 11) is 1.96. The normalized spacial score (nSPS) is 14.9. The first-order valence-electron chi connectivity index (χ1n) is 5.72. The second-order valence-electron chi connectivity index (χ2n) is 4.39. The van der Waals surface area contributed by atoms with Gasteiger partial charge in [0.15, 0.2) is 0 Å². The Morgan fingerprint density at radius 3 is 2.59 bits per heavy atom. The van der Waals surface area contributed by atoms with Gasteiger partial charge in [-0.3, -0.25) is 5.43 Å². The average molecular weight is 238 g/mol. The van der Waals surface area contributed by atoms with Gasteiger partial charge >= 0.3 is 6.01 Å². The first-order chi connectivity index (χ1) is 8.10. The van der Waals surface area contributed by atoms with E-state index in [1.54, 1.807) is 0 Å². The number of hydrogen-bond donors (Lipinski definition) is 2. The molecule has 2 rings (SSSR count). The van der Waals surface area contributed by atoms with E-state index >= 15 is 0 Å². The predicted molar refractivity (Wildman–Crippen MR) is 64.8 cm³/mol. The van der Waals surface area contributed by atoms with Crippen LogP contribution in [0.15, 0.2) is 0 Å². The van der Waals surface area contributed by atoms with Crippen LogP contribution in [0.4, 0.5) is 11.9 Å². The number of anilines is 2. The third kappa shape index (κ3) is 2.94. The summed E-state index contributed by atoms with van der Waals surface area (Å²) < 4.78 is 5.46. The standard InChI is InChI=1S/C10H18N6O/c1-6(2)17-10-13-8(15-11)12-9(14-10)16(3)7-4-5-7/h6-7H,4-5,11H2,1-3H3,(H,12,13,14,15). The number of ether oxygens (including phenoxy) is 1. The molecule has 0 unspecified atom stereocenters. The monoisotopic (exact) mass is 238 g/mol. The van der Waals surface area contributed by atoms with E-state index in [0.717, 1.165) is 0 Å². The van der Waals surface area contributed by atoms with E-state index in [4.69, 9.17) is 10.6 Å². The fourth-order valence-electron chi connectivity index (χ4n) is 1.46. The molecular weight excluding hydrogens is 220 g/mol.